The number of aliphatic hydroxyl groups excluding tert-OH is 1. The zero-order valence-corrected chi connectivity index (χ0v) is 9.11. The molecule has 1 atom stereocenters. The Balaban J connectivity index is 2.16. The third-order valence-electron chi connectivity index (χ3n) is 2.54. The summed E-state index contributed by atoms with van der Waals surface area (Å²) in [6.45, 7) is 0. The van der Waals surface area contributed by atoms with E-state index in [1.165, 1.54) is 12.1 Å². The van der Waals surface area contributed by atoms with E-state index in [0.29, 0.717) is 5.56 Å². The molecule has 0 spiro atoms. The monoisotopic (exact) mass is 234 g/mol. The molecule has 0 aliphatic heterocycles. The molecule has 0 aliphatic rings. The highest BCUT2D eigenvalue weighted by Gasteiger charge is 2.09. The fourth-order valence-electron chi connectivity index (χ4n) is 1.75. The zero-order valence-electron chi connectivity index (χ0n) is 9.11. The normalized spacial score (nSPS) is 12.4. The minimum atomic E-state index is -0.752. The second kappa shape index (κ2) is 5.06. The molecule has 0 aliphatic carbocycles. The van der Waals surface area contributed by atoms with E-state index in [9.17, 15) is 13.9 Å². The molecule has 1 nitrogen and oxygen atoms in total. The van der Waals surface area contributed by atoms with E-state index in [4.69, 9.17) is 0 Å². The maximum atomic E-state index is 13.0. The molecule has 2 aromatic carbocycles. The molecule has 1 N–H and O–H groups in total. The highest BCUT2D eigenvalue weighted by Crippen LogP contribution is 2.19. The molecule has 0 saturated heterocycles. The molecule has 0 aromatic heterocycles. The van der Waals surface area contributed by atoms with Gasteiger partial charge in [-0.2, -0.15) is 0 Å². The summed E-state index contributed by atoms with van der Waals surface area (Å²) in [5.41, 5.74) is 1.18. The van der Waals surface area contributed by atoms with Crippen molar-refractivity contribution in [3.8, 4) is 0 Å². The minimum Gasteiger partial charge on any atom is -0.388 e. The average Bonchev–Trinajstić information content (AvgIpc) is 2.28. The summed E-state index contributed by atoms with van der Waals surface area (Å²) in [5.74, 6) is -1.25. The molecule has 2 aromatic rings. The van der Waals surface area contributed by atoms with Crippen LogP contribution >= 0.6 is 0 Å². The molecule has 17 heavy (non-hydrogen) atoms. The Labute approximate surface area is 98.3 Å². The lowest BCUT2D eigenvalue weighted by Gasteiger charge is -2.11. The first-order chi connectivity index (χ1) is 8.15. The van der Waals surface area contributed by atoms with Crippen LogP contribution in [0.25, 0.3) is 0 Å². The van der Waals surface area contributed by atoms with Crippen LogP contribution in [0.3, 0.4) is 0 Å². The highest BCUT2D eigenvalue weighted by molar-refractivity contribution is 5.23. The van der Waals surface area contributed by atoms with E-state index >= 15 is 0 Å². The maximum Gasteiger partial charge on any atom is 0.126 e. The van der Waals surface area contributed by atoms with Crippen molar-refractivity contribution in [1.29, 1.82) is 0 Å². The van der Waals surface area contributed by atoms with Gasteiger partial charge in [-0.25, -0.2) is 8.78 Å². The maximum absolute atomic E-state index is 13.0. The first-order valence-corrected chi connectivity index (χ1v) is 5.33. The molecule has 88 valence electrons. The van der Waals surface area contributed by atoms with Gasteiger partial charge in [0.15, 0.2) is 0 Å². The molecule has 0 amide bonds. The molecule has 0 fully saturated rings. The number of benzene rings is 2. The Morgan fingerprint density at radius 1 is 0.941 bits per heavy atom. The van der Waals surface area contributed by atoms with E-state index in [1.807, 2.05) is 18.2 Å². The summed E-state index contributed by atoms with van der Waals surface area (Å²) in [4.78, 5) is 0. The summed E-state index contributed by atoms with van der Waals surface area (Å²) in [6.07, 6.45) is -0.559. The first-order valence-electron chi connectivity index (χ1n) is 5.33. The lowest BCUT2D eigenvalue weighted by molar-refractivity contribution is 0.178. The van der Waals surface area contributed by atoms with Crippen LogP contribution in [0.15, 0.2) is 48.5 Å². The van der Waals surface area contributed by atoms with Gasteiger partial charge in [-0.3, -0.25) is 0 Å². The largest absolute Gasteiger partial charge is 0.388 e. The van der Waals surface area contributed by atoms with Crippen LogP contribution in [-0.2, 0) is 6.42 Å². The van der Waals surface area contributed by atoms with Gasteiger partial charge in [0, 0.05) is 12.5 Å². The third kappa shape index (κ3) is 3.11. The van der Waals surface area contributed by atoms with E-state index in [2.05, 4.69) is 0 Å². The molecular formula is C14H12F2O. The van der Waals surface area contributed by atoms with Crippen LogP contribution < -0.4 is 0 Å². The topological polar surface area (TPSA) is 20.2 Å². The minimum absolute atomic E-state index is 0.193. The standard InChI is InChI=1S/C14H12F2O/c15-12-6-10(7-13(16)9-12)8-14(17)11-4-2-1-3-5-11/h1-7,9,14,17H,8H2. The van der Waals surface area contributed by atoms with Crippen molar-refractivity contribution in [3.63, 3.8) is 0 Å². The van der Waals surface area contributed by atoms with Crippen molar-refractivity contribution in [3.05, 3.63) is 71.3 Å². The van der Waals surface area contributed by atoms with Crippen LogP contribution in [-0.4, -0.2) is 5.11 Å². The summed E-state index contributed by atoms with van der Waals surface area (Å²) in [5, 5.41) is 9.91. The lowest BCUT2D eigenvalue weighted by atomic mass is 10.0. The number of hydrogen-bond donors (Lipinski definition) is 1. The van der Waals surface area contributed by atoms with Gasteiger partial charge in [0.2, 0.25) is 0 Å². The van der Waals surface area contributed by atoms with Gasteiger partial charge >= 0.3 is 0 Å². The molecule has 1 unspecified atom stereocenters. The van der Waals surface area contributed by atoms with Gasteiger partial charge in [-0.15, -0.1) is 0 Å². The Morgan fingerprint density at radius 2 is 1.53 bits per heavy atom. The van der Waals surface area contributed by atoms with E-state index in [1.54, 1.807) is 12.1 Å². The second-order valence-corrected chi connectivity index (χ2v) is 3.91. The average molecular weight is 234 g/mol. The summed E-state index contributed by atoms with van der Waals surface area (Å²) >= 11 is 0. The van der Waals surface area contributed by atoms with Gasteiger partial charge in [0.05, 0.1) is 6.10 Å². The van der Waals surface area contributed by atoms with Crippen LogP contribution in [0.1, 0.15) is 17.2 Å². The third-order valence-corrected chi connectivity index (χ3v) is 2.54. The van der Waals surface area contributed by atoms with Crippen molar-refractivity contribution in [1.82, 2.24) is 0 Å². The van der Waals surface area contributed by atoms with Gasteiger partial charge in [0.1, 0.15) is 11.6 Å². The Kier molecular flexibility index (Phi) is 3.49. The Morgan fingerprint density at radius 3 is 2.12 bits per heavy atom. The fraction of sp³-hybridized carbons (Fsp3) is 0.143. The van der Waals surface area contributed by atoms with Crippen LogP contribution in [0.2, 0.25) is 0 Å². The van der Waals surface area contributed by atoms with E-state index in [0.717, 1.165) is 11.6 Å². The van der Waals surface area contributed by atoms with Crippen molar-refractivity contribution < 1.29 is 13.9 Å². The van der Waals surface area contributed by atoms with Gasteiger partial charge in [-0.05, 0) is 23.3 Å². The van der Waals surface area contributed by atoms with Crippen molar-refractivity contribution in [2.45, 2.75) is 12.5 Å². The molecule has 3 heteroatoms. The predicted octanol–water partition coefficient (Wildman–Crippen LogP) is 3.24. The number of rotatable bonds is 3. The summed E-state index contributed by atoms with van der Waals surface area (Å²) in [6, 6.07) is 12.3. The number of aliphatic hydroxyl groups is 1. The SMILES string of the molecule is OC(Cc1cc(F)cc(F)c1)c1ccccc1. The first kappa shape index (κ1) is 11.7. The summed E-state index contributed by atoms with van der Waals surface area (Å²) in [7, 11) is 0. The number of hydrogen-bond acceptors (Lipinski definition) is 1. The second-order valence-electron chi connectivity index (χ2n) is 3.91. The predicted molar refractivity (Wildman–Crippen MR) is 61.5 cm³/mol. The van der Waals surface area contributed by atoms with E-state index in [-0.39, 0.29) is 6.42 Å². The zero-order chi connectivity index (χ0) is 12.3. The summed E-state index contributed by atoms with van der Waals surface area (Å²) < 4.78 is 25.9. The van der Waals surface area contributed by atoms with Crippen LogP contribution in [0.4, 0.5) is 8.78 Å². The quantitative estimate of drug-likeness (QED) is 0.864. The number of halogens is 2. The van der Waals surface area contributed by atoms with Crippen LogP contribution in [0.5, 0.6) is 0 Å². The molecule has 0 heterocycles. The molecule has 2 rings (SSSR count). The molecule has 0 saturated carbocycles. The Bertz CT molecular complexity index is 477. The van der Waals surface area contributed by atoms with Crippen molar-refractivity contribution in [2.24, 2.45) is 0 Å². The highest BCUT2D eigenvalue weighted by atomic mass is 19.1. The molecule has 0 bridgehead atoms. The van der Waals surface area contributed by atoms with Gasteiger partial charge < -0.3 is 5.11 Å². The van der Waals surface area contributed by atoms with Crippen molar-refractivity contribution >= 4 is 0 Å². The molecular weight excluding hydrogens is 222 g/mol. The van der Waals surface area contributed by atoms with Gasteiger partial charge in [0.25, 0.3) is 0 Å². The van der Waals surface area contributed by atoms with Crippen molar-refractivity contribution in [2.75, 3.05) is 0 Å². The molecule has 0 radical (unpaired) electrons. The van der Waals surface area contributed by atoms with Gasteiger partial charge in [-0.1, -0.05) is 30.3 Å². The van der Waals surface area contributed by atoms with E-state index < -0.39 is 17.7 Å². The smallest absolute Gasteiger partial charge is 0.126 e. The Hall–Kier alpha value is -1.74. The fourth-order valence-corrected chi connectivity index (χ4v) is 1.75. The lowest BCUT2D eigenvalue weighted by Crippen LogP contribution is -2.02. The van der Waals surface area contributed by atoms with Crippen LogP contribution in [0, 0.1) is 11.6 Å².